The molecule has 2 aliphatic rings. The van der Waals surface area contributed by atoms with Gasteiger partial charge in [-0.05, 0) is 80.9 Å². The molecule has 1 spiro atoms. The largest absolute Gasteiger partial charge is 0.345 e. The first-order valence-electron chi connectivity index (χ1n) is 12.4. The molecule has 0 bridgehead atoms. The maximum absolute atomic E-state index is 13.5. The summed E-state index contributed by atoms with van der Waals surface area (Å²) in [6, 6.07) is 18.6. The van der Waals surface area contributed by atoms with Crippen LogP contribution >= 0.6 is 0 Å². The Bertz CT molecular complexity index is 972. The number of fused-ring (bicyclic) bond motifs is 2. The van der Waals surface area contributed by atoms with Crippen molar-refractivity contribution in [3.05, 3.63) is 71.3 Å². The zero-order valence-corrected chi connectivity index (χ0v) is 20.1. The van der Waals surface area contributed by atoms with Gasteiger partial charge in [0.15, 0.2) is 5.54 Å². The van der Waals surface area contributed by atoms with E-state index in [2.05, 4.69) is 47.4 Å². The van der Waals surface area contributed by atoms with Crippen LogP contribution in [0.3, 0.4) is 0 Å². The smallest absolute Gasteiger partial charge is 0.281 e. The van der Waals surface area contributed by atoms with E-state index in [1.807, 2.05) is 23.1 Å². The van der Waals surface area contributed by atoms with Crippen molar-refractivity contribution in [3.8, 4) is 0 Å². The highest BCUT2D eigenvalue weighted by Crippen LogP contribution is 2.46. The van der Waals surface area contributed by atoms with Gasteiger partial charge >= 0.3 is 0 Å². The van der Waals surface area contributed by atoms with Crippen LogP contribution in [0.2, 0.25) is 0 Å². The van der Waals surface area contributed by atoms with Crippen molar-refractivity contribution in [2.75, 3.05) is 13.1 Å². The summed E-state index contributed by atoms with van der Waals surface area (Å²) in [5.41, 5.74) is 7.63. The molecule has 5 nitrogen and oxygen atoms in total. The van der Waals surface area contributed by atoms with Crippen LogP contribution in [0, 0.1) is 0 Å². The van der Waals surface area contributed by atoms with Gasteiger partial charge in [-0.3, -0.25) is 9.59 Å². The molecule has 0 aromatic heterocycles. The third kappa shape index (κ3) is 5.30. The summed E-state index contributed by atoms with van der Waals surface area (Å²) >= 11 is 0. The Balaban J connectivity index is 1.40. The van der Waals surface area contributed by atoms with Crippen molar-refractivity contribution in [2.45, 2.75) is 75.8 Å². The fourth-order valence-corrected chi connectivity index (χ4v) is 5.43. The minimum absolute atomic E-state index is 0.0572. The lowest BCUT2D eigenvalue weighted by Crippen LogP contribution is -2.76. The molecule has 4 N–H and O–H groups in total. The van der Waals surface area contributed by atoms with Crippen LogP contribution in [0.25, 0.3) is 0 Å². The van der Waals surface area contributed by atoms with Gasteiger partial charge in [-0.25, -0.2) is 0 Å². The molecule has 176 valence electrons. The zero-order chi connectivity index (χ0) is 23.5. The van der Waals surface area contributed by atoms with Crippen molar-refractivity contribution in [1.82, 2.24) is 10.2 Å². The molecule has 1 fully saturated rings. The lowest BCUT2D eigenvalue weighted by molar-refractivity contribution is -0.446. The Morgan fingerprint density at radius 3 is 2.39 bits per heavy atom. The third-order valence-corrected chi connectivity index (χ3v) is 7.51. The highest BCUT2D eigenvalue weighted by molar-refractivity contribution is 5.90. The van der Waals surface area contributed by atoms with Crippen molar-refractivity contribution < 1.29 is 15.3 Å². The summed E-state index contributed by atoms with van der Waals surface area (Å²) in [6.45, 7) is 5.09. The first-order chi connectivity index (χ1) is 15.8. The number of benzene rings is 2. The second-order valence-electron chi connectivity index (χ2n) is 10.6. The van der Waals surface area contributed by atoms with Gasteiger partial charge in [-0.2, -0.15) is 0 Å². The molecule has 1 aliphatic heterocycles. The Hall–Kier alpha value is -2.66. The van der Waals surface area contributed by atoms with Crippen LogP contribution in [0.15, 0.2) is 54.6 Å². The van der Waals surface area contributed by atoms with E-state index < -0.39 is 11.6 Å². The van der Waals surface area contributed by atoms with E-state index in [0.29, 0.717) is 6.42 Å². The summed E-state index contributed by atoms with van der Waals surface area (Å²) in [4.78, 5) is 28.2. The standard InChI is InChI=1S/C28H37N3O2/c1-27(2,29)26(33)30-24(14-8-11-21-9-4-3-5-10-21)25(32)31-19-17-28(18-20-31)16-15-22-12-6-7-13-23(22)28/h3-7,9-10,12-13,24H,8,11,14-20,29H2,1-2H3,(H,30,33)/p+1/t24-/m1/s1. The quantitative estimate of drug-likeness (QED) is 0.683. The Morgan fingerprint density at radius 2 is 1.70 bits per heavy atom. The molecule has 1 atom stereocenters. The molecule has 1 aliphatic carbocycles. The minimum Gasteiger partial charge on any atom is -0.345 e. The number of likely N-dealkylation sites (tertiary alicyclic amines) is 1. The van der Waals surface area contributed by atoms with Crippen molar-refractivity contribution in [3.63, 3.8) is 0 Å². The minimum atomic E-state index is -0.766. The molecule has 0 radical (unpaired) electrons. The van der Waals surface area contributed by atoms with E-state index in [4.69, 9.17) is 0 Å². The highest BCUT2D eigenvalue weighted by atomic mass is 16.2. The molecular formula is C28H38N3O2+. The van der Waals surface area contributed by atoms with Gasteiger partial charge < -0.3 is 16.0 Å². The highest BCUT2D eigenvalue weighted by Gasteiger charge is 2.42. The number of hydrogen-bond donors (Lipinski definition) is 2. The first-order valence-corrected chi connectivity index (χ1v) is 12.4. The van der Waals surface area contributed by atoms with Crippen molar-refractivity contribution in [2.24, 2.45) is 0 Å². The molecule has 0 saturated carbocycles. The normalized spacial score (nSPS) is 18.1. The third-order valence-electron chi connectivity index (χ3n) is 7.51. The van der Waals surface area contributed by atoms with Crippen LogP contribution in [-0.2, 0) is 27.8 Å². The van der Waals surface area contributed by atoms with Crippen molar-refractivity contribution >= 4 is 11.8 Å². The van der Waals surface area contributed by atoms with Crippen LogP contribution < -0.4 is 11.1 Å². The number of piperidine rings is 1. The number of nitrogens with one attached hydrogen (secondary N) is 1. The summed E-state index contributed by atoms with van der Waals surface area (Å²) in [6.07, 6.45) is 6.71. The zero-order valence-electron chi connectivity index (χ0n) is 20.1. The van der Waals surface area contributed by atoms with Gasteiger partial charge in [0.1, 0.15) is 6.04 Å². The predicted molar refractivity (Wildman–Crippen MR) is 131 cm³/mol. The second-order valence-corrected chi connectivity index (χ2v) is 10.6. The van der Waals surface area contributed by atoms with Crippen LogP contribution in [0.5, 0.6) is 0 Å². The monoisotopic (exact) mass is 448 g/mol. The Kier molecular flexibility index (Phi) is 6.89. The van der Waals surface area contributed by atoms with Crippen molar-refractivity contribution in [1.29, 1.82) is 0 Å². The molecule has 2 aromatic rings. The maximum atomic E-state index is 13.5. The van der Waals surface area contributed by atoms with E-state index in [1.54, 1.807) is 13.8 Å². The van der Waals surface area contributed by atoms with E-state index >= 15 is 0 Å². The summed E-state index contributed by atoms with van der Waals surface area (Å²) in [5.74, 6) is -0.111. The number of hydrogen-bond acceptors (Lipinski definition) is 2. The predicted octanol–water partition coefficient (Wildman–Crippen LogP) is 3.02. The number of carbonyl (C=O) groups is 2. The molecule has 2 amide bonds. The van der Waals surface area contributed by atoms with E-state index in [-0.39, 0.29) is 17.2 Å². The lowest BCUT2D eigenvalue weighted by atomic mass is 9.74. The average Bonchev–Trinajstić information content (AvgIpc) is 3.16. The number of carbonyl (C=O) groups excluding carboxylic acids is 2. The van der Waals surface area contributed by atoms with Crippen LogP contribution in [0.4, 0.5) is 0 Å². The average molecular weight is 449 g/mol. The van der Waals surface area contributed by atoms with Gasteiger partial charge in [0.25, 0.3) is 5.91 Å². The van der Waals surface area contributed by atoms with Crippen LogP contribution in [0.1, 0.15) is 62.6 Å². The molecular weight excluding hydrogens is 410 g/mol. The van der Waals surface area contributed by atoms with Gasteiger partial charge in [0.2, 0.25) is 5.91 Å². The van der Waals surface area contributed by atoms with E-state index in [0.717, 1.165) is 45.2 Å². The fraction of sp³-hybridized carbons (Fsp3) is 0.500. The number of quaternary nitrogens is 1. The topological polar surface area (TPSA) is 77.0 Å². The number of aryl methyl sites for hydroxylation is 2. The molecule has 4 rings (SSSR count). The van der Waals surface area contributed by atoms with Gasteiger partial charge in [0.05, 0.1) is 0 Å². The number of nitrogens with zero attached hydrogens (tertiary/aromatic N) is 1. The Labute approximate surface area is 197 Å². The summed E-state index contributed by atoms with van der Waals surface area (Å²) < 4.78 is 0. The molecule has 33 heavy (non-hydrogen) atoms. The fourth-order valence-electron chi connectivity index (χ4n) is 5.43. The van der Waals surface area contributed by atoms with Gasteiger partial charge in [0, 0.05) is 13.1 Å². The molecule has 2 aromatic carbocycles. The number of rotatable bonds is 7. The lowest BCUT2D eigenvalue weighted by Gasteiger charge is -2.41. The van der Waals surface area contributed by atoms with Gasteiger partial charge in [-0.15, -0.1) is 0 Å². The van der Waals surface area contributed by atoms with E-state index in [1.165, 1.54) is 23.1 Å². The van der Waals surface area contributed by atoms with Crippen LogP contribution in [-0.4, -0.2) is 41.4 Å². The maximum Gasteiger partial charge on any atom is 0.281 e. The molecule has 0 unspecified atom stereocenters. The molecule has 1 saturated heterocycles. The van der Waals surface area contributed by atoms with Gasteiger partial charge in [-0.1, -0.05) is 54.6 Å². The molecule has 5 heteroatoms. The second kappa shape index (κ2) is 9.68. The SMILES string of the molecule is CC(C)([NH3+])C(=O)N[C@H](CCCc1ccccc1)C(=O)N1CCC2(CCc3ccccc32)CC1. The summed E-state index contributed by atoms with van der Waals surface area (Å²) in [5, 5.41) is 3.02. The number of amides is 2. The summed E-state index contributed by atoms with van der Waals surface area (Å²) in [7, 11) is 0. The first kappa shape index (κ1) is 23.5. The molecule has 1 heterocycles. The Morgan fingerprint density at radius 1 is 1.03 bits per heavy atom. The van der Waals surface area contributed by atoms with E-state index in [9.17, 15) is 9.59 Å².